The van der Waals surface area contributed by atoms with Crippen molar-refractivity contribution in [1.29, 1.82) is 0 Å². The number of fused-ring (bicyclic) bond motifs is 2. The lowest BCUT2D eigenvalue weighted by atomic mass is 9.94. The first-order chi connectivity index (χ1) is 12.7. The standard InChI is InChI=1S/C21H22F3N3/c1-12(2)27-11-16(19-13(3)5-7-25-20(19)27)15-10-18-14(6-8-26(18)4)9-17(15)21(22,23)24/h5,7,9-12H,6,8H2,1-4H3. The van der Waals surface area contributed by atoms with Crippen LogP contribution in [0.15, 0.2) is 30.6 Å². The number of benzene rings is 1. The maximum atomic E-state index is 13.9. The van der Waals surface area contributed by atoms with E-state index in [0.29, 0.717) is 12.0 Å². The summed E-state index contributed by atoms with van der Waals surface area (Å²) in [6.45, 7) is 6.68. The first-order valence-corrected chi connectivity index (χ1v) is 9.10. The predicted molar refractivity (Wildman–Crippen MR) is 102 cm³/mol. The second-order valence-corrected chi connectivity index (χ2v) is 7.57. The highest BCUT2D eigenvalue weighted by Crippen LogP contribution is 2.45. The van der Waals surface area contributed by atoms with Gasteiger partial charge in [0.1, 0.15) is 5.65 Å². The first kappa shape index (κ1) is 17.9. The SMILES string of the molecule is Cc1ccnc2c1c(-c1cc3c(cc1C(F)(F)F)CCN3C)cn2C(C)C. The molecule has 0 amide bonds. The van der Waals surface area contributed by atoms with Gasteiger partial charge in [-0.2, -0.15) is 13.2 Å². The Kier molecular flexibility index (Phi) is 3.98. The van der Waals surface area contributed by atoms with Crippen molar-refractivity contribution < 1.29 is 13.2 Å². The molecule has 0 fully saturated rings. The molecule has 0 bridgehead atoms. The molecule has 0 spiro atoms. The van der Waals surface area contributed by atoms with Gasteiger partial charge in [0, 0.05) is 48.7 Å². The van der Waals surface area contributed by atoms with Crippen LogP contribution in [0.2, 0.25) is 0 Å². The van der Waals surface area contributed by atoms with Crippen molar-refractivity contribution in [3.05, 3.63) is 47.3 Å². The van der Waals surface area contributed by atoms with Crippen molar-refractivity contribution in [1.82, 2.24) is 9.55 Å². The van der Waals surface area contributed by atoms with Gasteiger partial charge < -0.3 is 9.47 Å². The minimum Gasteiger partial charge on any atom is -0.374 e. The van der Waals surface area contributed by atoms with E-state index in [4.69, 9.17) is 0 Å². The van der Waals surface area contributed by atoms with Crippen LogP contribution in [0.4, 0.5) is 18.9 Å². The third-order valence-corrected chi connectivity index (χ3v) is 5.42. The smallest absolute Gasteiger partial charge is 0.374 e. The Morgan fingerprint density at radius 1 is 1.15 bits per heavy atom. The molecule has 1 aromatic carbocycles. The summed E-state index contributed by atoms with van der Waals surface area (Å²) < 4.78 is 43.7. The Morgan fingerprint density at radius 3 is 2.56 bits per heavy atom. The number of hydrogen-bond acceptors (Lipinski definition) is 2. The summed E-state index contributed by atoms with van der Waals surface area (Å²) in [5.41, 5.74) is 3.55. The Hall–Kier alpha value is -2.50. The molecule has 0 N–H and O–H groups in total. The molecule has 6 heteroatoms. The fourth-order valence-corrected chi connectivity index (χ4v) is 3.99. The van der Waals surface area contributed by atoms with E-state index in [0.717, 1.165) is 34.4 Å². The number of hydrogen-bond donors (Lipinski definition) is 0. The van der Waals surface area contributed by atoms with E-state index in [1.807, 2.05) is 49.5 Å². The summed E-state index contributed by atoms with van der Waals surface area (Å²) in [5, 5.41) is 0.789. The molecule has 3 aromatic rings. The van der Waals surface area contributed by atoms with Crippen LogP contribution in [0.3, 0.4) is 0 Å². The molecule has 0 atom stereocenters. The number of aryl methyl sites for hydroxylation is 1. The molecule has 2 aromatic heterocycles. The van der Waals surface area contributed by atoms with Crippen molar-refractivity contribution in [3.8, 4) is 11.1 Å². The molecule has 142 valence electrons. The molecule has 0 aliphatic carbocycles. The minimum absolute atomic E-state index is 0.0991. The average molecular weight is 373 g/mol. The van der Waals surface area contributed by atoms with Crippen molar-refractivity contribution in [2.75, 3.05) is 18.5 Å². The molecule has 0 saturated carbocycles. The zero-order chi connectivity index (χ0) is 19.5. The van der Waals surface area contributed by atoms with E-state index >= 15 is 0 Å². The van der Waals surface area contributed by atoms with Gasteiger partial charge in [0.05, 0.1) is 5.56 Å². The van der Waals surface area contributed by atoms with E-state index in [1.54, 1.807) is 12.3 Å². The predicted octanol–water partition coefficient (Wildman–Crippen LogP) is 5.60. The van der Waals surface area contributed by atoms with Crippen LogP contribution in [-0.4, -0.2) is 23.1 Å². The zero-order valence-electron chi connectivity index (χ0n) is 15.9. The van der Waals surface area contributed by atoms with Crippen LogP contribution >= 0.6 is 0 Å². The van der Waals surface area contributed by atoms with Crippen LogP contribution in [0, 0.1) is 6.92 Å². The molecule has 3 nitrogen and oxygen atoms in total. The number of anilines is 1. The van der Waals surface area contributed by atoms with Crippen LogP contribution in [0.5, 0.6) is 0 Å². The number of alkyl halides is 3. The molecule has 27 heavy (non-hydrogen) atoms. The van der Waals surface area contributed by atoms with Gasteiger partial charge in [0.25, 0.3) is 0 Å². The van der Waals surface area contributed by atoms with Gasteiger partial charge in [0.15, 0.2) is 0 Å². The zero-order valence-corrected chi connectivity index (χ0v) is 15.9. The molecule has 0 unspecified atom stereocenters. The van der Waals surface area contributed by atoms with E-state index in [2.05, 4.69) is 4.98 Å². The highest BCUT2D eigenvalue weighted by atomic mass is 19.4. The van der Waals surface area contributed by atoms with Gasteiger partial charge in [0.2, 0.25) is 0 Å². The monoisotopic (exact) mass is 373 g/mol. The van der Waals surface area contributed by atoms with Gasteiger partial charge in [-0.1, -0.05) is 0 Å². The molecular formula is C21H22F3N3. The summed E-state index contributed by atoms with van der Waals surface area (Å²) in [5.74, 6) is 0. The molecule has 4 rings (SSSR count). The van der Waals surface area contributed by atoms with Crippen LogP contribution in [0.1, 0.15) is 36.6 Å². The van der Waals surface area contributed by atoms with E-state index in [-0.39, 0.29) is 11.6 Å². The number of aromatic nitrogens is 2. The van der Waals surface area contributed by atoms with Gasteiger partial charge >= 0.3 is 6.18 Å². The summed E-state index contributed by atoms with van der Waals surface area (Å²) in [4.78, 5) is 6.48. The van der Waals surface area contributed by atoms with Crippen molar-refractivity contribution in [2.45, 2.75) is 39.4 Å². The Bertz CT molecular complexity index is 1030. The van der Waals surface area contributed by atoms with Gasteiger partial charge in [-0.3, -0.25) is 0 Å². The fraction of sp³-hybridized carbons (Fsp3) is 0.381. The molecule has 1 aliphatic heterocycles. The lowest BCUT2D eigenvalue weighted by molar-refractivity contribution is -0.137. The summed E-state index contributed by atoms with van der Waals surface area (Å²) in [7, 11) is 1.92. The Morgan fingerprint density at radius 2 is 1.89 bits per heavy atom. The van der Waals surface area contributed by atoms with Crippen molar-refractivity contribution in [3.63, 3.8) is 0 Å². The summed E-state index contributed by atoms with van der Waals surface area (Å²) in [6, 6.07) is 4.99. The topological polar surface area (TPSA) is 21.1 Å². The average Bonchev–Trinajstić information content (AvgIpc) is 3.15. The third-order valence-electron chi connectivity index (χ3n) is 5.42. The van der Waals surface area contributed by atoms with E-state index < -0.39 is 11.7 Å². The number of rotatable bonds is 2. The first-order valence-electron chi connectivity index (χ1n) is 9.10. The molecule has 0 radical (unpaired) electrons. The quantitative estimate of drug-likeness (QED) is 0.583. The second kappa shape index (κ2) is 6.01. The van der Waals surface area contributed by atoms with Crippen LogP contribution in [0.25, 0.3) is 22.2 Å². The lowest BCUT2D eigenvalue weighted by Gasteiger charge is -2.18. The van der Waals surface area contributed by atoms with Crippen LogP contribution in [-0.2, 0) is 12.6 Å². The maximum Gasteiger partial charge on any atom is 0.417 e. The minimum atomic E-state index is -4.41. The number of likely N-dealkylation sites (N-methyl/N-ethyl adjacent to an activating group) is 1. The van der Waals surface area contributed by atoms with E-state index in [9.17, 15) is 13.2 Å². The summed E-state index contributed by atoms with van der Waals surface area (Å²) in [6.07, 6.45) is -0.236. The molecular weight excluding hydrogens is 351 g/mol. The highest BCUT2D eigenvalue weighted by molar-refractivity contribution is 5.98. The van der Waals surface area contributed by atoms with Gasteiger partial charge in [-0.25, -0.2) is 4.98 Å². The van der Waals surface area contributed by atoms with Gasteiger partial charge in [-0.15, -0.1) is 0 Å². The number of pyridine rings is 1. The number of halogens is 3. The van der Waals surface area contributed by atoms with Crippen molar-refractivity contribution in [2.24, 2.45) is 0 Å². The Labute approximate surface area is 156 Å². The normalized spacial score (nSPS) is 14.4. The largest absolute Gasteiger partial charge is 0.417 e. The molecule has 1 aliphatic rings. The van der Waals surface area contributed by atoms with Crippen molar-refractivity contribution >= 4 is 16.7 Å². The fourth-order valence-electron chi connectivity index (χ4n) is 3.99. The summed E-state index contributed by atoms with van der Waals surface area (Å²) >= 11 is 0. The second-order valence-electron chi connectivity index (χ2n) is 7.57. The van der Waals surface area contributed by atoms with Crippen LogP contribution < -0.4 is 4.90 Å². The third kappa shape index (κ3) is 2.78. The molecule has 0 saturated heterocycles. The molecule has 3 heterocycles. The van der Waals surface area contributed by atoms with E-state index in [1.165, 1.54) is 6.07 Å². The maximum absolute atomic E-state index is 13.9. The highest BCUT2D eigenvalue weighted by Gasteiger charge is 2.36. The number of nitrogens with zero attached hydrogens (tertiary/aromatic N) is 3. The van der Waals surface area contributed by atoms with Gasteiger partial charge in [-0.05, 0) is 62.1 Å². The lowest BCUT2D eigenvalue weighted by Crippen LogP contribution is -2.13. The Balaban J connectivity index is 2.09.